The Kier molecular flexibility index (Phi) is 9.58. The minimum absolute atomic E-state index is 0.0216. The SMILES string of the molecule is CC(C=CC1(O)C(C)(O)CCC(O)C1(C)C)=CC(=O)OC1CC(C)(O)C2C(OC3OC(CO)C(O)C(O)C3O)OC=CC12. The molecule has 2 heterocycles. The number of carbonyl (C=O) groups is 1. The highest BCUT2D eigenvalue weighted by atomic mass is 16.8. The monoisotopic (exact) mass is 614 g/mol. The Morgan fingerprint density at radius 3 is 2.35 bits per heavy atom. The van der Waals surface area contributed by atoms with Crippen molar-refractivity contribution in [2.24, 2.45) is 17.3 Å². The van der Waals surface area contributed by atoms with Crippen LogP contribution in [-0.2, 0) is 23.7 Å². The fourth-order valence-electron chi connectivity index (χ4n) is 6.87. The third kappa shape index (κ3) is 6.17. The van der Waals surface area contributed by atoms with Crippen LogP contribution in [0.25, 0.3) is 0 Å². The topological polar surface area (TPSA) is 216 Å². The molecule has 13 heteroatoms. The van der Waals surface area contributed by atoms with Crippen LogP contribution in [0.4, 0.5) is 0 Å². The molecule has 0 aromatic heterocycles. The van der Waals surface area contributed by atoms with Gasteiger partial charge in [-0.1, -0.05) is 19.9 Å². The molecule has 1 saturated heterocycles. The van der Waals surface area contributed by atoms with Gasteiger partial charge in [-0.3, -0.25) is 0 Å². The number of fused-ring (bicyclic) bond motifs is 1. The van der Waals surface area contributed by atoms with E-state index in [4.69, 9.17) is 18.9 Å². The Balaban J connectivity index is 1.45. The zero-order valence-electron chi connectivity index (χ0n) is 25.1. The van der Waals surface area contributed by atoms with Crippen molar-refractivity contribution in [2.45, 2.75) is 120 Å². The van der Waals surface area contributed by atoms with Crippen molar-refractivity contribution in [3.05, 3.63) is 36.1 Å². The summed E-state index contributed by atoms with van der Waals surface area (Å²) < 4.78 is 22.5. The van der Waals surface area contributed by atoms with E-state index in [0.29, 0.717) is 12.0 Å². The third-order valence-corrected chi connectivity index (χ3v) is 9.84. The van der Waals surface area contributed by atoms with E-state index in [0.717, 1.165) is 0 Å². The minimum Gasteiger partial charge on any atom is -0.472 e. The number of hydrogen-bond donors (Lipinski definition) is 8. The minimum atomic E-state index is -1.78. The summed E-state index contributed by atoms with van der Waals surface area (Å²) >= 11 is 0. The van der Waals surface area contributed by atoms with Gasteiger partial charge >= 0.3 is 5.97 Å². The van der Waals surface area contributed by atoms with Crippen LogP contribution in [0.1, 0.15) is 53.9 Å². The molecular weight excluding hydrogens is 568 g/mol. The molecule has 0 bridgehead atoms. The second kappa shape index (κ2) is 12.1. The molecule has 8 N–H and O–H groups in total. The van der Waals surface area contributed by atoms with Crippen LogP contribution in [0, 0.1) is 17.3 Å². The Hall–Kier alpha value is -1.91. The summed E-state index contributed by atoms with van der Waals surface area (Å²) in [6, 6.07) is 0. The largest absolute Gasteiger partial charge is 0.472 e. The van der Waals surface area contributed by atoms with Crippen LogP contribution >= 0.6 is 0 Å². The lowest BCUT2D eigenvalue weighted by Crippen LogP contribution is -2.66. The molecule has 0 aromatic rings. The van der Waals surface area contributed by atoms with Crippen molar-refractivity contribution in [2.75, 3.05) is 6.61 Å². The maximum absolute atomic E-state index is 12.9. The van der Waals surface area contributed by atoms with E-state index in [9.17, 15) is 45.6 Å². The molecule has 0 amide bonds. The summed E-state index contributed by atoms with van der Waals surface area (Å²) in [6.45, 7) is 7.35. The maximum atomic E-state index is 12.9. The average Bonchev–Trinajstić information content (AvgIpc) is 3.19. The van der Waals surface area contributed by atoms with Crippen molar-refractivity contribution in [1.29, 1.82) is 0 Å². The second-order valence-electron chi connectivity index (χ2n) is 13.3. The van der Waals surface area contributed by atoms with Gasteiger partial charge in [0.25, 0.3) is 0 Å². The molecule has 13 unspecified atom stereocenters. The molecule has 13 nitrogen and oxygen atoms in total. The average molecular weight is 615 g/mol. The van der Waals surface area contributed by atoms with Gasteiger partial charge in [0.15, 0.2) is 6.29 Å². The second-order valence-corrected chi connectivity index (χ2v) is 13.3. The van der Waals surface area contributed by atoms with E-state index in [1.54, 1.807) is 26.8 Å². The predicted molar refractivity (Wildman–Crippen MR) is 148 cm³/mol. The summed E-state index contributed by atoms with van der Waals surface area (Å²) in [4.78, 5) is 12.9. The first-order valence-corrected chi connectivity index (χ1v) is 14.6. The number of aliphatic hydroxyl groups is 8. The fraction of sp³-hybridized carbons (Fsp3) is 0.767. The molecule has 0 aromatic carbocycles. The molecule has 4 rings (SSSR count). The molecule has 13 atom stereocenters. The van der Waals surface area contributed by atoms with Crippen molar-refractivity contribution in [3.8, 4) is 0 Å². The highest BCUT2D eigenvalue weighted by molar-refractivity contribution is 5.83. The van der Waals surface area contributed by atoms with Gasteiger partial charge < -0.3 is 59.8 Å². The Morgan fingerprint density at radius 2 is 1.70 bits per heavy atom. The van der Waals surface area contributed by atoms with Crippen molar-refractivity contribution in [3.63, 3.8) is 0 Å². The normalized spacial score (nSPS) is 48.2. The van der Waals surface area contributed by atoms with Crippen molar-refractivity contribution >= 4 is 5.97 Å². The highest BCUT2D eigenvalue weighted by Crippen LogP contribution is 2.51. The first-order valence-electron chi connectivity index (χ1n) is 14.6. The van der Waals surface area contributed by atoms with E-state index in [-0.39, 0.29) is 12.8 Å². The number of aliphatic hydroxyl groups excluding tert-OH is 5. The molecule has 0 spiro atoms. The lowest BCUT2D eigenvalue weighted by molar-refractivity contribution is -0.346. The van der Waals surface area contributed by atoms with Gasteiger partial charge in [-0.15, -0.1) is 0 Å². The number of allylic oxidation sites excluding steroid dienone is 2. The third-order valence-electron chi connectivity index (χ3n) is 9.84. The zero-order valence-corrected chi connectivity index (χ0v) is 25.1. The maximum Gasteiger partial charge on any atom is 0.331 e. The van der Waals surface area contributed by atoms with Crippen molar-refractivity contribution < 1.29 is 64.6 Å². The van der Waals surface area contributed by atoms with Gasteiger partial charge in [0.05, 0.1) is 36.1 Å². The quantitative estimate of drug-likeness (QED) is 0.0996. The molecule has 244 valence electrons. The molecule has 2 aliphatic heterocycles. The highest BCUT2D eigenvalue weighted by Gasteiger charge is 2.60. The number of ether oxygens (including phenoxy) is 4. The number of rotatable bonds is 7. The molecule has 0 radical (unpaired) electrons. The van der Waals surface area contributed by atoms with E-state index in [1.807, 2.05) is 0 Å². The number of hydrogen-bond acceptors (Lipinski definition) is 13. The van der Waals surface area contributed by atoms with Crippen LogP contribution in [0.3, 0.4) is 0 Å². The van der Waals surface area contributed by atoms with Crippen LogP contribution in [0.15, 0.2) is 36.1 Å². The Bertz CT molecular complexity index is 1110. The first kappa shape index (κ1) is 34.0. The Labute approximate surface area is 250 Å². The zero-order chi connectivity index (χ0) is 32.1. The predicted octanol–water partition coefficient (Wildman–Crippen LogP) is -0.863. The molecule has 4 aliphatic rings. The summed E-state index contributed by atoms with van der Waals surface area (Å²) in [5, 5.41) is 84.2. The standard InChI is InChI=1S/C30H46O13/c1-15(6-10-30(39)27(2,3)19(32)7-9-29(30,5)38)12-20(33)41-17-13-28(4,37)21-16(17)8-11-40-25(21)43-26-24(36)23(35)22(34)18(14-31)42-26/h6,8,10-12,16-19,21-26,31-32,34-39H,7,9,13-14H2,1-5H3. The first-order chi connectivity index (χ1) is 19.9. The van der Waals surface area contributed by atoms with Crippen molar-refractivity contribution in [1.82, 2.24) is 0 Å². The van der Waals surface area contributed by atoms with Crippen LogP contribution in [0.2, 0.25) is 0 Å². The van der Waals surface area contributed by atoms with Crippen LogP contribution in [0.5, 0.6) is 0 Å². The van der Waals surface area contributed by atoms with Crippen LogP contribution < -0.4 is 0 Å². The summed E-state index contributed by atoms with van der Waals surface area (Å²) in [6.07, 6.45) is -2.84. The number of esters is 1. The lowest BCUT2D eigenvalue weighted by Gasteiger charge is -2.55. The molecule has 43 heavy (non-hydrogen) atoms. The molecule has 2 aliphatic carbocycles. The van der Waals surface area contributed by atoms with Gasteiger partial charge in [-0.05, 0) is 51.3 Å². The van der Waals surface area contributed by atoms with E-state index < -0.39 is 95.8 Å². The van der Waals surface area contributed by atoms with Gasteiger partial charge in [-0.2, -0.15) is 0 Å². The van der Waals surface area contributed by atoms with Gasteiger partial charge in [0, 0.05) is 23.8 Å². The summed E-state index contributed by atoms with van der Waals surface area (Å²) in [5.41, 5.74) is -5.41. The summed E-state index contributed by atoms with van der Waals surface area (Å²) in [5.74, 6) is -2.06. The van der Waals surface area contributed by atoms with Gasteiger partial charge in [0.1, 0.15) is 36.1 Å². The van der Waals surface area contributed by atoms with Gasteiger partial charge in [-0.25, -0.2) is 4.79 Å². The smallest absolute Gasteiger partial charge is 0.331 e. The summed E-state index contributed by atoms with van der Waals surface area (Å²) in [7, 11) is 0. The lowest BCUT2D eigenvalue weighted by atomic mass is 9.57. The fourth-order valence-corrected chi connectivity index (χ4v) is 6.87. The van der Waals surface area contributed by atoms with E-state index >= 15 is 0 Å². The van der Waals surface area contributed by atoms with E-state index in [1.165, 1.54) is 38.3 Å². The Morgan fingerprint density at radius 1 is 1.02 bits per heavy atom. The van der Waals surface area contributed by atoms with E-state index in [2.05, 4.69) is 0 Å². The molecule has 3 fully saturated rings. The number of carbonyl (C=O) groups excluding carboxylic acids is 1. The molecular formula is C30H46O13. The van der Waals surface area contributed by atoms with Gasteiger partial charge in [0.2, 0.25) is 6.29 Å². The van der Waals surface area contributed by atoms with Crippen LogP contribution in [-0.4, -0.2) is 119 Å². The molecule has 2 saturated carbocycles.